The van der Waals surface area contributed by atoms with E-state index >= 15 is 0 Å². The third-order valence-corrected chi connectivity index (χ3v) is 4.88. The van der Waals surface area contributed by atoms with Gasteiger partial charge in [0.05, 0.1) is 6.61 Å². The van der Waals surface area contributed by atoms with Gasteiger partial charge >= 0.3 is 0 Å². The lowest BCUT2D eigenvalue weighted by Gasteiger charge is -2.38. The molecule has 0 aromatic carbocycles. The van der Waals surface area contributed by atoms with Crippen molar-refractivity contribution < 1.29 is 4.74 Å². The van der Waals surface area contributed by atoms with Crippen LogP contribution in [0, 0.1) is 11.8 Å². The number of nitrogens with two attached hydrogens (primary N) is 1. The van der Waals surface area contributed by atoms with E-state index in [1.165, 1.54) is 45.1 Å². The van der Waals surface area contributed by atoms with Crippen LogP contribution in [0.1, 0.15) is 52.4 Å². The van der Waals surface area contributed by atoms with E-state index in [1.54, 1.807) is 7.11 Å². The Kier molecular flexibility index (Phi) is 8.67. The van der Waals surface area contributed by atoms with Gasteiger partial charge in [0.2, 0.25) is 0 Å². The van der Waals surface area contributed by atoms with Crippen LogP contribution in [-0.4, -0.2) is 44.3 Å². The zero-order valence-electron chi connectivity index (χ0n) is 13.2. The summed E-state index contributed by atoms with van der Waals surface area (Å²) in [5.41, 5.74) is 5.97. The van der Waals surface area contributed by atoms with Gasteiger partial charge in [-0.3, -0.25) is 4.90 Å². The predicted octanol–water partition coefficient (Wildman–Crippen LogP) is 2.89. The fourth-order valence-corrected chi connectivity index (χ4v) is 3.57. The molecule has 0 radical (unpaired) electrons. The summed E-state index contributed by atoms with van der Waals surface area (Å²) >= 11 is 0. The Labute approximate surface area is 119 Å². The van der Waals surface area contributed by atoms with E-state index in [9.17, 15) is 0 Å². The molecular weight excluding hydrogens is 236 g/mol. The SMILES string of the molecule is CCC(CC)N(CCOC)CC1CCCCC1CN. The van der Waals surface area contributed by atoms with Crippen molar-refractivity contribution in [1.82, 2.24) is 4.90 Å². The van der Waals surface area contributed by atoms with Gasteiger partial charge in [-0.1, -0.05) is 26.7 Å². The molecule has 2 atom stereocenters. The molecule has 0 heterocycles. The molecule has 1 fully saturated rings. The zero-order valence-corrected chi connectivity index (χ0v) is 13.2. The van der Waals surface area contributed by atoms with E-state index in [2.05, 4.69) is 18.7 Å². The molecule has 3 nitrogen and oxygen atoms in total. The topological polar surface area (TPSA) is 38.5 Å². The Hall–Kier alpha value is -0.120. The van der Waals surface area contributed by atoms with Gasteiger partial charge in [0.25, 0.3) is 0 Å². The Morgan fingerprint density at radius 3 is 2.32 bits per heavy atom. The molecule has 0 aliphatic heterocycles. The zero-order chi connectivity index (χ0) is 14.1. The van der Waals surface area contributed by atoms with Crippen LogP contribution in [0.25, 0.3) is 0 Å². The van der Waals surface area contributed by atoms with Crippen molar-refractivity contribution in [1.29, 1.82) is 0 Å². The average Bonchev–Trinajstić information content (AvgIpc) is 2.46. The lowest BCUT2D eigenvalue weighted by molar-refractivity contribution is 0.0795. The summed E-state index contributed by atoms with van der Waals surface area (Å²) in [5.74, 6) is 1.55. The van der Waals surface area contributed by atoms with Crippen LogP contribution in [-0.2, 0) is 4.74 Å². The highest BCUT2D eigenvalue weighted by Gasteiger charge is 2.27. The quantitative estimate of drug-likeness (QED) is 0.700. The van der Waals surface area contributed by atoms with Crippen LogP contribution in [0.15, 0.2) is 0 Å². The molecule has 3 heteroatoms. The molecule has 1 saturated carbocycles. The summed E-state index contributed by atoms with van der Waals surface area (Å²) < 4.78 is 5.29. The predicted molar refractivity (Wildman–Crippen MR) is 82.3 cm³/mol. The molecule has 2 unspecified atom stereocenters. The Morgan fingerprint density at radius 2 is 1.79 bits per heavy atom. The van der Waals surface area contributed by atoms with Crippen LogP contribution >= 0.6 is 0 Å². The molecule has 1 rings (SSSR count). The van der Waals surface area contributed by atoms with E-state index in [0.29, 0.717) is 6.04 Å². The standard InChI is InChI=1S/C16H34N2O/c1-4-16(5-2)18(10-11-19-3)13-15-9-7-6-8-14(15)12-17/h14-16H,4-13,17H2,1-3H3. The number of ether oxygens (including phenoxy) is 1. The average molecular weight is 270 g/mol. The fourth-order valence-electron chi connectivity index (χ4n) is 3.57. The maximum absolute atomic E-state index is 5.97. The van der Waals surface area contributed by atoms with E-state index in [4.69, 9.17) is 10.5 Å². The minimum atomic E-state index is 0.704. The van der Waals surface area contributed by atoms with E-state index in [1.807, 2.05) is 0 Å². The first-order valence-electron chi connectivity index (χ1n) is 8.19. The summed E-state index contributed by atoms with van der Waals surface area (Å²) in [5, 5.41) is 0. The van der Waals surface area contributed by atoms with Crippen molar-refractivity contribution in [3.05, 3.63) is 0 Å². The van der Waals surface area contributed by atoms with Crippen molar-refractivity contribution in [2.45, 2.75) is 58.4 Å². The highest BCUT2D eigenvalue weighted by Crippen LogP contribution is 2.30. The normalized spacial score (nSPS) is 24.3. The van der Waals surface area contributed by atoms with E-state index in [-0.39, 0.29) is 0 Å². The molecule has 0 saturated heterocycles. The first-order valence-corrected chi connectivity index (χ1v) is 8.19. The fraction of sp³-hybridized carbons (Fsp3) is 1.00. The minimum Gasteiger partial charge on any atom is -0.383 e. The van der Waals surface area contributed by atoms with Gasteiger partial charge in [0.15, 0.2) is 0 Å². The van der Waals surface area contributed by atoms with Crippen molar-refractivity contribution in [2.24, 2.45) is 17.6 Å². The Balaban J connectivity index is 2.57. The van der Waals surface area contributed by atoms with E-state index < -0.39 is 0 Å². The number of hydrogen-bond acceptors (Lipinski definition) is 3. The molecule has 19 heavy (non-hydrogen) atoms. The van der Waals surface area contributed by atoms with Gasteiger partial charge in [-0.05, 0) is 44.1 Å². The molecule has 0 spiro atoms. The molecule has 2 N–H and O–H groups in total. The molecule has 1 aliphatic rings. The molecule has 0 aromatic heterocycles. The maximum Gasteiger partial charge on any atom is 0.0589 e. The van der Waals surface area contributed by atoms with Gasteiger partial charge in [-0.15, -0.1) is 0 Å². The Bertz CT molecular complexity index is 219. The molecular formula is C16H34N2O. The molecule has 0 bridgehead atoms. The largest absolute Gasteiger partial charge is 0.383 e. The highest BCUT2D eigenvalue weighted by molar-refractivity contribution is 4.81. The second-order valence-electron chi connectivity index (χ2n) is 6.00. The van der Waals surface area contributed by atoms with Gasteiger partial charge in [-0.2, -0.15) is 0 Å². The molecule has 0 amide bonds. The van der Waals surface area contributed by atoms with E-state index in [0.717, 1.165) is 31.5 Å². The van der Waals surface area contributed by atoms with Gasteiger partial charge < -0.3 is 10.5 Å². The summed E-state index contributed by atoms with van der Waals surface area (Å²) in [6.45, 7) is 8.60. The number of rotatable bonds is 9. The number of nitrogens with zero attached hydrogens (tertiary/aromatic N) is 1. The molecule has 1 aliphatic carbocycles. The molecule has 0 aromatic rings. The smallest absolute Gasteiger partial charge is 0.0589 e. The lowest BCUT2D eigenvalue weighted by atomic mass is 9.78. The second-order valence-corrected chi connectivity index (χ2v) is 6.00. The second kappa shape index (κ2) is 9.73. The third kappa shape index (κ3) is 5.41. The van der Waals surface area contributed by atoms with Crippen molar-refractivity contribution in [3.63, 3.8) is 0 Å². The minimum absolute atomic E-state index is 0.704. The van der Waals surface area contributed by atoms with Crippen LogP contribution in [0.2, 0.25) is 0 Å². The molecule has 114 valence electrons. The van der Waals surface area contributed by atoms with Crippen LogP contribution in [0.5, 0.6) is 0 Å². The first-order chi connectivity index (χ1) is 9.26. The van der Waals surface area contributed by atoms with Gasteiger partial charge in [0.1, 0.15) is 0 Å². The van der Waals surface area contributed by atoms with Crippen molar-refractivity contribution in [3.8, 4) is 0 Å². The third-order valence-electron chi connectivity index (χ3n) is 4.88. The van der Waals surface area contributed by atoms with Gasteiger partial charge in [-0.25, -0.2) is 0 Å². The Morgan fingerprint density at radius 1 is 1.16 bits per heavy atom. The summed E-state index contributed by atoms with van der Waals surface area (Å²) in [7, 11) is 1.80. The monoisotopic (exact) mass is 270 g/mol. The highest BCUT2D eigenvalue weighted by atomic mass is 16.5. The summed E-state index contributed by atoms with van der Waals surface area (Å²) in [4.78, 5) is 2.65. The van der Waals surface area contributed by atoms with Gasteiger partial charge in [0, 0.05) is 26.2 Å². The van der Waals surface area contributed by atoms with Crippen LogP contribution < -0.4 is 5.73 Å². The summed E-state index contributed by atoms with van der Waals surface area (Å²) in [6.07, 6.45) is 7.94. The summed E-state index contributed by atoms with van der Waals surface area (Å²) in [6, 6.07) is 0.704. The first kappa shape index (κ1) is 16.9. The number of hydrogen-bond donors (Lipinski definition) is 1. The lowest BCUT2D eigenvalue weighted by Crippen LogP contribution is -2.43. The maximum atomic E-state index is 5.97. The number of methoxy groups -OCH3 is 1. The van der Waals surface area contributed by atoms with Crippen LogP contribution in [0.3, 0.4) is 0 Å². The van der Waals surface area contributed by atoms with Crippen molar-refractivity contribution in [2.75, 3.05) is 33.4 Å². The van der Waals surface area contributed by atoms with Crippen LogP contribution in [0.4, 0.5) is 0 Å². The van der Waals surface area contributed by atoms with Crippen molar-refractivity contribution >= 4 is 0 Å².